The van der Waals surface area contributed by atoms with Gasteiger partial charge in [0.1, 0.15) is 16.9 Å². The third-order valence-corrected chi connectivity index (χ3v) is 6.72. The molecule has 0 saturated heterocycles. The van der Waals surface area contributed by atoms with Crippen molar-refractivity contribution in [2.24, 2.45) is 0 Å². The standard InChI is InChI=1S/C25H21F4N7O3/c26-17-8-14(16-11-30-23(31-12-16)33-18-13-32-36-6-1-7-38-22(18)36)2-3-15(17)9-21(37)34-20-10-19(39-35-20)24(4-5-24)25(27,28)29/h2-3,8,10-13H,1,4-7,9H2,(H,30,31,33)(H,34,35,37). The van der Waals surface area contributed by atoms with Crippen molar-refractivity contribution < 1.29 is 31.6 Å². The Labute approximate surface area is 218 Å². The number of anilines is 3. The maximum absolute atomic E-state index is 14.8. The van der Waals surface area contributed by atoms with Crippen LogP contribution in [0.3, 0.4) is 0 Å². The van der Waals surface area contributed by atoms with E-state index in [-0.39, 0.29) is 36.4 Å². The molecular weight excluding hydrogens is 522 g/mol. The van der Waals surface area contributed by atoms with E-state index in [0.717, 1.165) is 19.0 Å². The summed E-state index contributed by atoms with van der Waals surface area (Å²) in [6.07, 6.45) is 0.575. The minimum atomic E-state index is -4.46. The zero-order chi connectivity index (χ0) is 27.2. The van der Waals surface area contributed by atoms with Crippen molar-refractivity contribution in [1.82, 2.24) is 24.9 Å². The molecule has 1 saturated carbocycles. The van der Waals surface area contributed by atoms with Gasteiger partial charge in [0.05, 0.1) is 19.2 Å². The first kappa shape index (κ1) is 24.8. The Bertz CT molecular complexity index is 1530. The van der Waals surface area contributed by atoms with E-state index in [1.807, 2.05) is 0 Å². The van der Waals surface area contributed by atoms with Crippen molar-refractivity contribution >= 4 is 23.4 Å². The number of alkyl halides is 3. The molecule has 1 amide bonds. The molecular formula is C25H21F4N7O3. The predicted molar refractivity (Wildman–Crippen MR) is 129 cm³/mol. The van der Waals surface area contributed by atoms with Gasteiger partial charge >= 0.3 is 6.18 Å². The maximum atomic E-state index is 14.8. The van der Waals surface area contributed by atoms with Crippen molar-refractivity contribution in [2.45, 2.75) is 43.8 Å². The third kappa shape index (κ3) is 4.77. The molecule has 4 heterocycles. The van der Waals surface area contributed by atoms with Gasteiger partial charge in [0.25, 0.3) is 0 Å². The molecule has 1 fully saturated rings. The van der Waals surface area contributed by atoms with E-state index in [1.54, 1.807) is 16.9 Å². The molecule has 10 nitrogen and oxygen atoms in total. The van der Waals surface area contributed by atoms with Crippen LogP contribution in [0.25, 0.3) is 11.1 Å². The van der Waals surface area contributed by atoms with E-state index in [0.29, 0.717) is 35.2 Å². The number of nitrogens with zero attached hydrogens (tertiary/aromatic N) is 5. The Hall–Kier alpha value is -4.49. The smallest absolute Gasteiger partial charge is 0.401 e. The largest absolute Gasteiger partial charge is 0.476 e. The zero-order valence-electron chi connectivity index (χ0n) is 20.3. The average Bonchev–Trinajstić information content (AvgIpc) is 3.46. The lowest BCUT2D eigenvalue weighted by Crippen LogP contribution is -2.28. The number of fused-ring (bicyclic) bond motifs is 1. The van der Waals surface area contributed by atoms with E-state index < -0.39 is 23.3 Å². The number of carbonyl (C=O) groups is 1. The fraction of sp³-hybridized carbons (Fsp3) is 0.320. The molecule has 2 aliphatic rings. The molecule has 1 aliphatic carbocycles. The molecule has 4 aromatic rings. The number of rotatable bonds is 7. The second-order valence-electron chi connectivity index (χ2n) is 9.40. The highest BCUT2D eigenvalue weighted by molar-refractivity contribution is 5.91. The Balaban J connectivity index is 1.09. The first-order valence-electron chi connectivity index (χ1n) is 12.1. The Morgan fingerprint density at radius 3 is 2.62 bits per heavy atom. The summed E-state index contributed by atoms with van der Waals surface area (Å²) in [5, 5.41) is 13.2. The fourth-order valence-corrected chi connectivity index (χ4v) is 4.40. The van der Waals surface area contributed by atoms with Crippen LogP contribution in [-0.2, 0) is 23.2 Å². The first-order chi connectivity index (χ1) is 18.7. The van der Waals surface area contributed by atoms with Crippen molar-refractivity contribution in [3.63, 3.8) is 0 Å². The molecule has 0 radical (unpaired) electrons. The van der Waals surface area contributed by atoms with Gasteiger partial charge in [-0.05, 0) is 30.0 Å². The second kappa shape index (κ2) is 9.36. The van der Waals surface area contributed by atoms with Gasteiger partial charge in [0, 0.05) is 37.0 Å². The summed E-state index contributed by atoms with van der Waals surface area (Å²) in [5.41, 5.74) is -0.254. The molecule has 202 valence electrons. The lowest BCUT2D eigenvalue weighted by atomic mass is 10.0. The van der Waals surface area contributed by atoms with Crippen LogP contribution in [0, 0.1) is 5.82 Å². The number of nitrogens with one attached hydrogen (secondary N) is 2. The van der Waals surface area contributed by atoms with Crippen LogP contribution in [0.2, 0.25) is 0 Å². The highest BCUT2D eigenvalue weighted by Crippen LogP contribution is 2.59. The van der Waals surface area contributed by atoms with Gasteiger partial charge in [-0.15, -0.1) is 0 Å². The number of halogens is 4. The van der Waals surface area contributed by atoms with Crippen molar-refractivity contribution in [1.29, 1.82) is 0 Å². The average molecular weight is 543 g/mol. The monoisotopic (exact) mass is 543 g/mol. The molecule has 14 heteroatoms. The van der Waals surface area contributed by atoms with E-state index in [2.05, 4.69) is 30.9 Å². The minimum Gasteiger partial charge on any atom is -0.476 e. The van der Waals surface area contributed by atoms with Crippen LogP contribution >= 0.6 is 0 Å². The molecule has 1 aliphatic heterocycles. The highest BCUT2D eigenvalue weighted by Gasteiger charge is 2.66. The number of hydrogen-bond donors (Lipinski definition) is 2. The summed E-state index contributed by atoms with van der Waals surface area (Å²) in [5.74, 6) is -0.852. The quantitative estimate of drug-likeness (QED) is 0.320. The summed E-state index contributed by atoms with van der Waals surface area (Å²) >= 11 is 0. The summed E-state index contributed by atoms with van der Waals surface area (Å²) < 4.78 is 66.8. The summed E-state index contributed by atoms with van der Waals surface area (Å²) in [4.78, 5) is 20.9. The Morgan fingerprint density at radius 2 is 1.90 bits per heavy atom. The Morgan fingerprint density at radius 1 is 1.10 bits per heavy atom. The van der Waals surface area contributed by atoms with Crippen LogP contribution in [0.5, 0.6) is 5.88 Å². The molecule has 2 N–H and O–H groups in total. The number of benzene rings is 1. The topological polar surface area (TPSA) is 120 Å². The normalized spacial score (nSPS) is 15.8. The summed E-state index contributed by atoms with van der Waals surface area (Å²) in [6, 6.07) is 5.38. The van der Waals surface area contributed by atoms with Crippen LogP contribution in [0.1, 0.15) is 30.6 Å². The van der Waals surface area contributed by atoms with Crippen LogP contribution in [0.15, 0.2) is 47.4 Å². The van der Waals surface area contributed by atoms with Gasteiger partial charge in [0.15, 0.2) is 11.6 Å². The number of aromatic nitrogens is 5. The van der Waals surface area contributed by atoms with Crippen molar-refractivity contribution in [3.05, 3.63) is 60.0 Å². The third-order valence-electron chi connectivity index (χ3n) is 6.72. The van der Waals surface area contributed by atoms with E-state index in [9.17, 15) is 22.4 Å². The number of hydrogen-bond acceptors (Lipinski definition) is 8. The molecule has 0 atom stereocenters. The molecule has 0 bridgehead atoms. The Kier molecular flexibility index (Phi) is 5.96. The van der Waals surface area contributed by atoms with Crippen molar-refractivity contribution in [3.8, 4) is 17.0 Å². The van der Waals surface area contributed by atoms with Gasteiger partial charge in [-0.3, -0.25) is 4.79 Å². The van der Waals surface area contributed by atoms with Gasteiger partial charge in [0.2, 0.25) is 17.7 Å². The zero-order valence-corrected chi connectivity index (χ0v) is 20.3. The van der Waals surface area contributed by atoms with E-state index in [1.165, 1.54) is 24.5 Å². The van der Waals surface area contributed by atoms with E-state index >= 15 is 0 Å². The number of aryl methyl sites for hydroxylation is 1. The van der Waals surface area contributed by atoms with Crippen LogP contribution in [0.4, 0.5) is 35.0 Å². The SMILES string of the molecule is O=C(Cc1ccc(-c2cnc(Nc3cnn4c3OCCC4)nc2)cc1F)Nc1cc(C2(C(F)(F)F)CC2)on1. The van der Waals surface area contributed by atoms with Gasteiger partial charge in [-0.2, -0.15) is 18.3 Å². The highest BCUT2D eigenvalue weighted by atomic mass is 19.4. The summed E-state index contributed by atoms with van der Waals surface area (Å²) in [7, 11) is 0. The van der Waals surface area contributed by atoms with Crippen LogP contribution in [-0.4, -0.2) is 43.6 Å². The molecule has 3 aromatic heterocycles. The van der Waals surface area contributed by atoms with E-state index in [4.69, 9.17) is 9.26 Å². The van der Waals surface area contributed by atoms with Gasteiger partial charge in [-0.1, -0.05) is 17.3 Å². The molecule has 1 aromatic carbocycles. The summed E-state index contributed by atoms with van der Waals surface area (Å²) in [6.45, 7) is 1.37. The minimum absolute atomic E-state index is 0.0948. The van der Waals surface area contributed by atoms with Gasteiger partial charge < -0.3 is 19.9 Å². The molecule has 0 spiro atoms. The molecule has 6 rings (SSSR count). The maximum Gasteiger partial charge on any atom is 0.401 e. The number of amides is 1. The number of carbonyl (C=O) groups excluding carboxylic acids is 1. The second-order valence-corrected chi connectivity index (χ2v) is 9.40. The fourth-order valence-electron chi connectivity index (χ4n) is 4.40. The predicted octanol–water partition coefficient (Wildman–Crippen LogP) is 4.77. The molecule has 39 heavy (non-hydrogen) atoms. The van der Waals surface area contributed by atoms with Crippen molar-refractivity contribution in [2.75, 3.05) is 17.2 Å². The molecule has 0 unspecified atom stereocenters. The first-order valence-corrected chi connectivity index (χ1v) is 12.1. The number of ether oxygens (including phenoxy) is 1. The lowest BCUT2D eigenvalue weighted by Gasteiger charge is -2.16. The van der Waals surface area contributed by atoms with Gasteiger partial charge in [-0.25, -0.2) is 19.0 Å². The lowest BCUT2D eigenvalue weighted by molar-refractivity contribution is -0.165. The van der Waals surface area contributed by atoms with Crippen LogP contribution < -0.4 is 15.4 Å².